The van der Waals surface area contributed by atoms with E-state index in [1.54, 1.807) is 38.5 Å². The van der Waals surface area contributed by atoms with Crippen LogP contribution in [0.2, 0.25) is 0 Å². The number of hydrogen-bond donors (Lipinski definition) is 3. The highest BCUT2D eigenvalue weighted by atomic mass is 16.5. The van der Waals surface area contributed by atoms with Crippen LogP contribution in [-0.2, 0) is 17.6 Å². The molecule has 8 nitrogen and oxygen atoms in total. The molecule has 1 heterocycles. The maximum atomic E-state index is 12.8. The number of rotatable bonds is 9. The van der Waals surface area contributed by atoms with Gasteiger partial charge in [0.15, 0.2) is 5.82 Å². The number of amides is 2. The lowest BCUT2D eigenvalue weighted by atomic mass is 10.1. The Morgan fingerprint density at radius 2 is 1.75 bits per heavy atom. The third-order valence-corrected chi connectivity index (χ3v) is 4.83. The van der Waals surface area contributed by atoms with Crippen molar-refractivity contribution >= 4 is 23.3 Å². The molecule has 0 spiro atoms. The standard InChI is InChI=1S/C24H26N4O4/c1-5-23(29)25-21-10-15(2)6-9-20(21)24(30)26-22-13-17(27-28-22)8-7-16-11-18(31-3)14-19(12-16)32-4/h5-6,9-14H,1,7-8H2,2-4H3,(H,25,29)(H2,26,27,28,30). The first kappa shape index (κ1) is 22.6. The van der Waals surface area contributed by atoms with Gasteiger partial charge in [-0.25, -0.2) is 0 Å². The molecule has 0 atom stereocenters. The van der Waals surface area contributed by atoms with Crippen molar-refractivity contribution in [3.8, 4) is 11.5 Å². The van der Waals surface area contributed by atoms with Gasteiger partial charge in [0.25, 0.3) is 5.91 Å². The van der Waals surface area contributed by atoms with Gasteiger partial charge in [-0.15, -0.1) is 0 Å². The number of nitrogens with one attached hydrogen (secondary N) is 3. The Hall–Kier alpha value is -4.07. The van der Waals surface area contributed by atoms with Crippen LogP contribution < -0.4 is 20.1 Å². The zero-order valence-corrected chi connectivity index (χ0v) is 18.3. The van der Waals surface area contributed by atoms with E-state index in [0.29, 0.717) is 23.5 Å². The number of H-pyrrole nitrogens is 1. The molecule has 0 bridgehead atoms. The average Bonchev–Trinajstić information content (AvgIpc) is 3.24. The summed E-state index contributed by atoms with van der Waals surface area (Å²) < 4.78 is 10.6. The molecule has 3 N–H and O–H groups in total. The fourth-order valence-corrected chi connectivity index (χ4v) is 3.17. The van der Waals surface area contributed by atoms with Crippen molar-refractivity contribution in [3.63, 3.8) is 0 Å². The maximum Gasteiger partial charge on any atom is 0.258 e. The highest BCUT2D eigenvalue weighted by molar-refractivity contribution is 6.11. The number of ether oxygens (including phenoxy) is 2. The lowest BCUT2D eigenvalue weighted by Gasteiger charge is -2.10. The van der Waals surface area contributed by atoms with E-state index in [0.717, 1.165) is 40.8 Å². The summed E-state index contributed by atoms with van der Waals surface area (Å²) in [7, 11) is 3.23. The summed E-state index contributed by atoms with van der Waals surface area (Å²) in [6.07, 6.45) is 2.57. The molecule has 8 heteroatoms. The number of aromatic amines is 1. The van der Waals surface area contributed by atoms with E-state index in [9.17, 15) is 9.59 Å². The first-order chi connectivity index (χ1) is 15.4. The van der Waals surface area contributed by atoms with Gasteiger partial charge in [-0.2, -0.15) is 5.10 Å². The smallest absolute Gasteiger partial charge is 0.258 e. The highest BCUT2D eigenvalue weighted by Gasteiger charge is 2.15. The second kappa shape index (κ2) is 10.3. The molecule has 3 rings (SSSR count). The van der Waals surface area contributed by atoms with Gasteiger partial charge < -0.3 is 20.1 Å². The fourth-order valence-electron chi connectivity index (χ4n) is 3.17. The van der Waals surface area contributed by atoms with Gasteiger partial charge in [-0.1, -0.05) is 12.6 Å². The average molecular weight is 434 g/mol. The van der Waals surface area contributed by atoms with Gasteiger partial charge in [0.2, 0.25) is 5.91 Å². The molecule has 32 heavy (non-hydrogen) atoms. The first-order valence-electron chi connectivity index (χ1n) is 10.0. The second-order valence-electron chi connectivity index (χ2n) is 7.20. The van der Waals surface area contributed by atoms with E-state index in [-0.39, 0.29) is 11.8 Å². The van der Waals surface area contributed by atoms with Crippen molar-refractivity contribution in [2.24, 2.45) is 0 Å². The van der Waals surface area contributed by atoms with E-state index < -0.39 is 0 Å². The molecule has 0 aliphatic rings. The largest absolute Gasteiger partial charge is 0.497 e. The predicted octanol–water partition coefficient (Wildman–Crippen LogP) is 3.90. The van der Waals surface area contributed by atoms with Crippen molar-refractivity contribution in [1.29, 1.82) is 0 Å². The number of aromatic nitrogens is 2. The van der Waals surface area contributed by atoms with E-state index in [1.807, 2.05) is 25.1 Å². The summed E-state index contributed by atoms with van der Waals surface area (Å²) >= 11 is 0. The van der Waals surface area contributed by atoms with Crippen LogP contribution in [0.25, 0.3) is 0 Å². The summed E-state index contributed by atoms with van der Waals surface area (Å²) in [6, 6.07) is 12.7. The van der Waals surface area contributed by atoms with Crippen LogP contribution >= 0.6 is 0 Å². The molecule has 1 aromatic heterocycles. The Labute approximate surface area is 186 Å². The van der Waals surface area contributed by atoms with Gasteiger partial charge in [0, 0.05) is 17.8 Å². The molecule has 0 radical (unpaired) electrons. The summed E-state index contributed by atoms with van der Waals surface area (Å²) in [6.45, 7) is 5.32. The first-order valence-corrected chi connectivity index (χ1v) is 10.0. The van der Waals surface area contributed by atoms with E-state index in [4.69, 9.17) is 9.47 Å². The number of aryl methyl sites for hydroxylation is 3. The Kier molecular flexibility index (Phi) is 7.28. The molecule has 0 aliphatic heterocycles. The van der Waals surface area contributed by atoms with Crippen LogP contribution in [0.15, 0.2) is 55.1 Å². The topological polar surface area (TPSA) is 105 Å². The van der Waals surface area contributed by atoms with Gasteiger partial charge in [0.1, 0.15) is 11.5 Å². The molecule has 166 valence electrons. The van der Waals surface area contributed by atoms with Gasteiger partial charge in [0.05, 0.1) is 25.5 Å². The van der Waals surface area contributed by atoms with Gasteiger partial charge >= 0.3 is 0 Å². The SMILES string of the molecule is C=CC(=O)Nc1cc(C)ccc1C(=O)Nc1cc(CCc2cc(OC)cc(OC)c2)[nH]n1. The molecule has 2 amide bonds. The minimum absolute atomic E-state index is 0.332. The third-order valence-electron chi connectivity index (χ3n) is 4.83. The van der Waals surface area contributed by atoms with Crippen molar-refractivity contribution in [1.82, 2.24) is 10.2 Å². The normalized spacial score (nSPS) is 10.3. The molecule has 2 aromatic carbocycles. The Morgan fingerprint density at radius 3 is 2.41 bits per heavy atom. The van der Waals surface area contributed by atoms with Crippen LogP contribution in [-0.4, -0.2) is 36.2 Å². The molecule has 0 unspecified atom stereocenters. The van der Waals surface area contributed by atoms with Gasteiger partial charge in [-0.3, -0.25) is 14.7 Å². The number of anilines is 2. The Balaban J connectivity index is 1.67. The molecule has 0 saturated heterocycles. The van der Waals surface area contributed by atoms with E-state index >= 15 is 0 Å². The summed E-state index contributed by atoms with van der Waals surface area (Å²) in [5.41, 5.74) is 3.58. The van der Waals surface area contributed by atoms with Crippen LogP contribution in [0.4, 0.5) is 11.5 Å². The lowest BCUT2D eigenvalue weighted by molar-refractivity contribution is -0.111. The predicted molar refractivity (Wildman–Crippen MR) is 124 cm³/mol. The van der Waals surface area contributed by atoms with Crippen molar-refractivity contribution in [3.05, 3.63) is 77.5 Å². The fraction of sp³-hybridized carbons (Fsp3) is 0.208. The van der Waals surface area contributed by atoms with Crippen molar-refractivity contribution in [2.45, 2.75) is 19.8 Å². The maximum absolute atomic E-state index is 12.8. The number of carbonyl (C=O) groups is 2. The number of carbonyl (C=O) groups excluding carboxylic acids is 2. The lowest BCUT2D eigenvalue weighted by Crippen LogP contribution is -2.17. The number of methoxy groups -OCH3 is 2. The van der Waals surface area contributed by atoms with Gasteiger partial charge in [-0.05, 0) is 61.2 Å². The monoisotopic (exact) mass is 434 g/mol. The number of hydrogen-bond acceptors (Lipinski definition) is 5. The molecular weight excluding hydrogens is 408 g/mol. The quantitative estimate of drug-likeness (QED) is 0.443. The Morgan fingerprint density at radius 1 is 1.03 bits per heavy atom. The molecule has 3 aromatic rings. The zero-order chi connectivity index (χ0) is 23.1. The highest BCUT2D eigenvalue weighted by Crippen LogP contribution is 2.24. The Bertz CT molecular complexity index is 1110. The zero-order valence-electron chi connectivity index (χ0n) is 18.3. The summed E-state index contributed by atoms with van der Waals surface area (Å²) in [5, 5.41) is 12.6. The van der Waals surface area contributed by atoms with Crippen LogP contribution in [0.3, 0.4) is 0 Å². The van der Waals surface area contributed by atoms with Crippen molar-refractivity contribution < 1.29 is 19.1 Å². The third kappa shape index (κ3) is 5.75. The molecule has 0 aliphatic carbocycles. The van der Waals surface area contributed by atoms with Crippen LogP contribution in [0.1, 0.15) is 27.2 Å². The summed E-state index contributed by atoms with van der Waals surface area (Å²) in [4.78, 5) is 24.5. The summed E-state index contributed by atoms with van der Waals surface area (Å²) in [5.74, 6) is 1.10. The number of nitrogens with zero attached hydrogens (tertiary/aromatic N) is 1. The molecule has 0 fully saturated rings. The minimum atomic E-state index is -0.388. The molecular formula is C24H26N4O4. The number of benzene rings is 2. The van der Waals surface area contributed by atoms with Crippen molar-refractivity contribution in [2.75, 3.05) is 24.9 Å². The van der Waals surface area contributed by atoms with E-state index in [2.05, 4.69) is 27.4 Å². The van der Waals surface area contributed by atoms with Crippen LogP contribution in [0.5, 0.6) is 11.5 Å². The minimum Gasteiger partial charge on any atom is -0.497 e. The van der Waals surface area contributed by atoms with E-state index in [1.165, 1.54) is 0 Å². The second-order valence-corrected chi connectivity index (χ2v) is 7.20. The van der Waals surface area contributed by atoms with Crippen LogP contribution in [0, 0.1) is 6.92 Å². The molecule has 0 saturated carbocycles.